The number of aromatic nitrogens is 3. The summed E-state index contributed by atoms with van der Waals surface area (Å²) in [4.78, 5) is 4.50. The van der Waals surface area contributed by atoms with Crippen LogP contribution < -0.4 is 5.32 Å². The summed E-state index contributed by atoms with van der Waals surface area (Å²) in [5, 5.41) is 7.71. The smallest absolute Gasteiger partial charge is 0.150 e. The Kier molecular flexibility index (Phi) is 2.82. The van der Waals surface area contributed by atoms with Gasteiger partial charge in [-0.15, -0.1) is 0 Å². The van der Waals surface area contributed by atoms with Crippen LogP contribution in [0.4, 0.5) is 0 Å². The van der Waals surface area contributed by atoms with Crippen LogP contribution in [0, 0.1) is 5.92 Å². The van der Waals surface area contributed by atoms with Crippen molar-refractivity contribution in [1.29, 1.82) is 0 Å². The first-order chi connectivity index (χ1) is 6.83. The van der Waals surface area contributed by atoms with Gasteiger partial charge in [-0.3, -0.25) is 0 Å². The van der Waals surface area contributed by atoms with Gasteiger partial charge >= 0.3 is 0 Å². The van der Waals surface area contributed by atoms with E-state index in [1.54, 1.807) is 0 Å². The van der Waals surface area contributed by atoms with Gasteiger partial charge in [-0.05, 0) is 25.9 Å². The van der Waals surface area contributed by atoms with Gasteiger partial charge in [0.05, 0.1) is 0 Å². The molecule has 1 aliphatic heterocycles. The summed E-state index contributed by atoms with van der Waals surface area (Å²) < 4.78 is 2.09. The zero-order chi connectivity index (χ0) is 9.97. The molecule has 0 aromatic carbocycles. The molecule has 0 bridgehead atoms. The minimum Gasteiger partial charge on any atom is -0.319 e. The molecule has 1 aliphatic rings. The number of hydrogen-bond donors (Lipinski definition) is 1. The highest BCUT2D eigenvalue weighted by atomic mass is 15.4. The molecule has 4 nitrogen and oxygen atoms in total. The molecule has 14 heavy (non-hydrogen) atoms. The second-order valence-corrected chi connectivity index (χ2v) is 3.94. The summed E-state index contributed by atoms with van der Waals surface area (Å²) >= 11 is 0. The molecule has 1 N–H and O–H groups in total. The lowest BCUT2D eigenvalue weighted by atomic mass is 10.00. The Morgan fingerprint density at radius 3 is 3.14 bits per heavy atom. The summed E-state index contributed by atoms with van der Waals surface area (Å²) in [5.74, 6) is 2.89. The fraction of sp³-hybridized carbons (Fsp3) is 0.800. The van der Waals surface area contributed by atoms with E-state index in [2.05, 4.69) is 27.0 Å². The van der Waals surface area contributed by atoms with Crippen molar-refractivity contribution < 1.29 is 0 Å². The van der Waals surface area contributed by atoms with Crippen LogP contribution in [0.15, 0.2) is 0 Å². The highest BCUT2D eigenvalue weighted by molar-refractivity contribution is 4.96. The lowest BCUT2D eigenvalue weighted by Crippen LogP contribution is -2.28. The Balaban J connectivity index is 2.09. The maximum atomic E-state index is 4.50. The summed E-state index contributed by atoms with van der Waals surface area (Å²) in [5.41, 5.74) is 0. The molecule has 0 fully saturated rings. The van der Waals surface area contributed by atoms with Gasteiger partial charge in [-0.2, -0.15) is 5.10 Å². The van der Waals surface area contributed by atoms with Gasteiger partial charge in [0.1, 0.15) is 5.82 Å². The minimum absolute atomic E-state index is 0.721. The summed E-state index contributed by atoms with van der Waals surface area (Å²) in [6.07, 6.45) is 3.26. The highest BCUT2D eigenvalue weighted by Crippen LogP contribution is 2.17. The van der Waals surface area contributed by atoms with Crippen LogP contribution in [0.5, 0.6) is 0 Å². The molecule has 0 saturated carbocycles. The number of aryl methyl sites for hydroxylation is 2. The van der Waals surface area contributed by atoms with E-state index in [9.17, 15) is 0 Å². The Hall–Kier alpha value is -0.900. The van der Waals surface area contributed by atoms with E-state index in [0.29, 0.717) is 0 Å². The Morgan fingerprint density at radius 2 is 2.43 bits per heavy atom. The molecular formula is C10H18N4. The predicted molar refractivity (Wildman–Crippen MR) is 55.1 cm³/mol. The summed E-state index contributed by atoms with van der Waals surface area (Å²) in [6, 6.07) is 0. The lowest BCUT2D eigenvalue weighted by Gasteiger charge is -2.21. The molecule has 0 spiro atoms. The van der Waals surface area contributed by atoms with Crippen molar-refractivity contribution in [2.24, 2.45) is 5.92 Å². The van der Waals surface area contributed by atoms with Crippen molar-refractivity contribution in [2.75, 3.05) is 13.6 Å². The van der Waals surface area contributed by atoms with Crippen molar-refractivity contribution >= 4 is 0 Å². The fourth-order valence-corrected chi connectivity index (χ4v) is 2.03. The van der Waals surface area contributed by atoms with Gasteiger partial charge in [0.15, 0.2) is 5.82 Å². The number of hydrogen-bond acceptors (Lipinski definition) is 3. The number of nitrogens with one attached hydrogen (secondary N) is 1. The third-order valence-corrected chi connectivity index (χ3v) is 2.81. The third-order valence-electron chi connectivity index (χ3n) is 2.81. The van der Waals surface area contributed by atoms with Crippen LogP contribution in [0.25, 0.3) is 0 Å². The van der Waals surface area contributed by atoms with Crippen molar-refractivity contribution in [3.63, 3.8) is 0 Å². The maximum absolute atomic E-state index is 4.50. The molecule has 2 rings (SSSR count). The molecule has 0 saturated heterocycles. The van der Waals surface area contributed by atoms with Gasteiger partial charge in [-0.25, -0.2) is 9.67 Å². The van der Waals surface area contributed by atoms with Crippen LogP contribution in [-0.2, 0) is 19.4 Å². The molecule has 1 atom stereocenters. The first kappa shape index (κ1) is 9.65. The molecular weight excluding hydrogens is 176 g/mol. The van der Waals surface area contributed by atoms with Crippen LogP contribution in [0.3, 0.4) is 0 Å². The summed E-state index contributed by atoms with van der Waals surface area (Å²) in [6.45, 7) is 4.22. The predicted octanol–water partition coefficient (Wildman–Crippen LogP) is 0.622. The van der Waals surface area contributed by atoms with E-state index in [-0.39, 0.29) is 0 Å². The first-order valence-corrected chi connectivity index (χ1v) is 5.40. The topological polar surface area (TPSA) is 42.7 Å². The zero-order valence-electron chi connectivity index (χ0n) is 8.95. The van der Waals surface area contributed by atoms with E-state index in [0.717, 1.165) is 37.7 Å². The standard InChI is InChI=1S/C10H18N4/c1-3-9-12-10-5-4-8(6-11-2)7-14(10)13-9/h8,11H,3-7H2,1-2H3. The molecule has 1 aromatic heterocycles. The van der Waals surface area contributed by atoms with E-state index in [1.807, 2.05) is 7.05 Å². The second kappa shape index (κ2) is 4.09. The average Bonchev–Trinajstić information content (AvgIpc) is 2.60. The van der Waals surface area contributed by atoms with Gasteiger partial charge < -0.3 is 5.32 Å². The fourth-order valence-electron chi connectivity index (χ4n) is 2.03. The van der Waals surface area contributed by atoms with Crippen LogP contribution in [0.2, 0.25) is 0 Å². The Labute approximate surface area is 84.7 Å². The molecule has 1 aromatic rings. The monoisotopic (exact) mass is 194 g/mol. The van der Waals surface area contributed by atoms with E-state index in [4.69, 9.17) is 0 Å². The number of rotatable bonds is 3. The average molecular weight is 194 g/mol. The number of fused-ring (bicyclic) bond motifs is 1. The molecule has 0 radical (unpaired) electrons. The van der Waals surface area contributed by atoms with Gasteiger partial charge in [0, 0.05) is 19.4 Å². The Bertz CT molecular complexity index is 305. The molecule has 4 heteroatoms. The van der Waals surface area contributed by atoms with E-state index in [1.165, 1.54) is 12.2 Å². The van der Waals surface area contributed by atoms with Crippen molar-refractivity contribution in [2.45, 2.75) is 32.7 Å². The van der Waals surface area contributed by atoms with Gasteiger partial charge in [-0.1, -0.05) is 6.92 Å². The summed E-state index contributed by atoms with van der Waals surface area (Å²) in [7, 11) is 2.01. The van der Waals surface area contributed by atoms with Crippen molar-refractivity contribution in [3.05, 3.63) is 11.6 Å². The second-order valence-electron chi connectivity index (χ2n) is 3.94. The zero-order valence-corrected chi connectivity index (χ0v) is 8.95. The van der Waals surface area contributed by atoms with Gasteiger partial charge in [0.2, 0.25) is 0 Å². The lowest BCUT2D eigenvalue weighted by molar-refractivity contribution is 0.335. The third kappa shape index (κ3) is 1.80. The van der Waals surface area contributed by atoms with Crippen molar-refractivity contribution in [3.8, 4) is 0 Å². The molecule has 0 aliphatic carbocycles. The van der Waals surface area contributed by atoms with Crippen LogP contribution in [0.1, 0.15) is 25.0 Å². The quantitative estimate of drug-likeness (QED) is 0.767. The Morgan fingerprint density at radius 1 is 1.57 bits per heavy atom. The SMILES string of the molecule is CCc1nc2n(n1)CC(CNC)CC2. The van der Waals surface area contributed by atoms with Crippen molar-refractivity contribution in [1.82, 2.24) is 20.1 Å². The van der Waals surface area contributed by atoms with Crippen LogP contribution in [-0.4, -0.2) is 28.4 Å². The first-order valence-electron chi connectivity index (χ1n) is 5.40. The largest absolute Gasteiger partial charge is 0.319 e. The molecule has 2 heterocycles. The normalized spacial score (nSPS) is 20.9. The molecule has 0 amide bonds. The van der Waals surface area contributed by atoms with E-state index < -0.39 is 0 Å². The van der Waals surface area contributed by atoms with Crippen LogP contribution >= 0.6 is 0 Å². The van der Waals surface area contributed by atoms with Gasteiger partial charge in [0.25, 0.3) is 0 Å². The maximum Gasteiger partial charge on any atom is 0.150 e. The minimum atomic E-state index is 0.721. The highest BCUT2D eigenvalue weighted by Gasteiger charge is 2.20. The van der Waals surface area contributed by atoms with E-state index >= 15 is 0 Å². The molecule has 78 valence electrons. The molecule has 1 unspecified atom stereocenters. The number of nitrogens with zero attached hydrogens (tertiary/aromatic N) is 3.